The monoisotopic (exact) mass is 408 g/mol. The Morgan fingerprint density at radius 1 is 0.724 bits per heavy atom. The number of benzene rings is 2. The molecule has 2 aromatic carbocycles. The quantitative estimate of drug-likeness (QED) is 0.360. The minimum absolute atomic E-state index is 0.0918. The summed E-state index contributed by atoms with van der Waals surface area (Å²) in [6, 6.07) is 3.80. The van der Waals surface area contributed by atoms with Crippen LogP contribution in [0.3, 0.4) is 0 Å². The summed E-state index contributed by atoms with van der Waals surface area (Å²) in [5.74, 6) is -4.13. The molecule has 0 heterocycles. The van der Waals surface area contributed by atoms with Crippen LogP contribution in [0.25, 0.3) is 11.1 Å². The molecule has 0 aliphatic heterocycles. The Balaban J connectivity index is 1.58. The Hall–Kier alpha value is -1.91. The van der Waals surface area contributed by atoms with Gasteiger partial charge in [0.2, 0.25) is 0 Å². The van der Waals surface area contributed by atoms with Gasteiger partial charge in [0, 0.05) is 0 Å². The van der Waals surface area contributed by atoms with E-state index in [-0.39, 0.29) is 11.5 Å². The molecule has 29 heavy (non-hydrogen) atoms. The zero-order valence-corrected chi connectivity index (χ0v) is 16.5. The average Bonchev–Trinajstić information content (AvgIpc) is 2.70. The van der Waals surface area contributed by atoms with Crippen molar-refractivity contribution in [2.75, 3.05) is 0 Å². The molecule has 5 heteroatoms. The van der Waals surface area contributed by atoms with Gasteiger partial charge in [0.15, 0.2) is 17.5 Å². The first-order valence-electron chi connectivity index (χ1n) is 10.5. The first kappa shape index (κ1) is 20.4. The number of halogens is 5. The number of fused-ring (bicyclic) bond motifs is 1. The first-order valence-corrected chi connectivity index (χ1v) is 10.5. The van der Waals surface area contributed by atoms with Crippen molar-refractivity contribution in [3.05, 3.63) is 58.9 Å². The van der Waals surface area contributed by atoms with Crippen molar-refractivity contribution < 1.29 is 22.0 Å². The maximum Gasteiger partial charge on any atom is 0.194 e. The second-order valence-electron chi connectivity index (χ2n) is 8.73. The summed E-state index contributed by atoms with van der Waals surface area (Å²) in [6.07, 6.45) is 7.79. The Morgan fingerprint density at radius 3 is 1.93 bits per heavy atom. The Labute approximate surface area is 168 Å². The highest BCUT2D eigenvalue weighted by Gasteiger charge is 2.36. The van der Waals surface area contributed by atoms with E-state index in [1.165, 1.54) is 37.8 Å². The standard InChI is InChI=1S/C24H25F5/c1-2-13-3-4-15-8-16(6-5-14(15)7-13)17-9-19(25)23(20(26)10-17)18-11-21(27)24(29)22(28)12-18/h9-16H,2-8H2,1H3/t13?,14-,15-,16-/m1/s1. The molecule has 156 valence electrons. The Kier molecular flexibility index (Phi) is 5.67. The maximum atomic E-state index is 14.8. The van der Waals surface area contributed by atoms with Gasteiger partial charge in [0.25, 0.3) is 0 Å². The molecule has 0 nitrogen and oxygen atoms in total. The van der Waals surface area contributed by atoms with E-state index < -0.39 is 34.6 Å². The van der Waals surface area contributed by atoms with E-state index in [4.69, 9.17) is 0 Å². The molecule has 0 aromatic heterocycles. The van der Waals surface area contributed by atoms with Crippen molar-refractivity contribution in [2.24, 2.45) is 17.8 Å². The van der Waals surface area contributed by atoms with Crippen molar-refractivity contribution in [3.63, 3.8) is 0 Å². The lowest BCUT2D eigenvalue weighted by molar-refractivity contribution is 0.116. The van der Waals surface area contributed by atoms with Crippen molar-refractivity contribution >= 4 is 0 Å². The molecule has 0 N–H and O–H groups in total. The van der Waals surface area contributed by atoms with Gasteiger partial charge in [0.05, 0.1) is 5.56 Å². The molecular weight excluding hydrogens is 383 g/mol. The predicted molar refractivity (Wildman–Crippen MR) is 103 cm³/mol. The predicted octanol–water partition coefficient (Wildman–Crippen LogP) is 7.76. The van der Waals surface area contributed by atoms with Crippen LogP contribution < -0.4 is 0 Å². The van der Waals surface area contributed by atoms with E-state index in [1.807, 2.05) is 0 Å². The van der Waals surface area contributed by atoms with Crippen LogP contribution in [-0.4, -0.2) is 0 Å². The smallest absolute Gasteiger partial charge is 0.194 e. The Morgan fingerprint density at radius 2 is 1.31 bits per heavy atom. The van der Waals surface area contributed by atoms with E-state index in [0.29, 0.717) is 29.5 Å². The average molecular weight is 408 g/mol. The van der Waals surface area contributed by atoms with Crippen molar-refractivity contribution in [3.8, 4) is 11.1 Å². The molecule has 2 aliphatic carbocycles. The third-order valence-electron chi connectivity index (χ3n) is 7.11. The number of hydrogen-bond acceptors (Lipinski definition) is 0. The fraction of sp³-hybridized carbons (Fsp3) is 0.500. The highest BCUT2D eigenvalue weighted by molar-refractivity contribution is 5.65. The van der Waals surface area contributed by atoms with E-state index in [9.17, 15) is 22.0 Å². The molecule has 2 aliphatic rings. The van der Waals surface area contributed by atoms with Crippen LogP contribution in [0, 0.1) is 46.8 Å². The highest BCUT2D eigenvalue weighted by Crippen LogP contribution is 2.48. The molecule has 2 aromatic rings. The minimum Gasteiger partial charge on any atom is -0.206 e. The van der Waals surface area contributed by atoms with Gasteiger partial charge in [-0.25, -0.2) is 22.0 Å². The van der Waals surface area contributed by atoms with E-state index in [2.05, 4.69) is 6.92 Å². The van der Waals surface area contributed by atoms with Crippen LogP contribution in [-0.2, 0) is 0 Å². The van der Waals surface area contributed by atoms with Gasteiger partial charge in [-0.3, -0.25) is 0 Å². The third-order valence-corrected chi connectivity index (χ3v) is 7.11. The molecule has 0 radical (unpaired) electrons. The lowest BCUT2D eigenvalue weighted by Gasteiger charge is -2.42. The summed E-state index contributed by atoms with van der Waals surface area (Å²) >= 11 is 0. The summed E-state index contributed by atoms with van der Waals surface area (Å²) in [4.78, 5) is 0. The van der Waals surface area contributed by atoms with Crippen LogP contribution in [0.5, 0.6) is 0 Å². The zero-order valence-electron chi connectivity index (χ0n) is 16.5. The molecule has 2 saturated carbocycles. The van der Waals surface area contributed by atoms with Crippen molar-refractivity contribution in [2.45, 2.75) is 57.8 Å². The second kappa shape index (κ2) is 8.08. The third kappa shape index (κ3) is 3.93. The normalized spacial score (nSPS) is 27.0. The zero-order chi connectivity index (χ0) is 20.7. The van der Waals surface area contributed by atoms with Gasteiger partial charge in [-0.15, -0.1) is 0 Å². The topological polar surface area (TPSA) is 0 Å². The largest absolute Gasteiger partial charge is 0.206 e. The van der Waals surface area contributed by atoms with Gasteiger partial charge in [-0.05, 0) is 91.2 Å². The SMILES string of the molecule is CCC1CC[C@@H]2C[C@H](c3cc(F)c(-c4cc(F)c(F)c(F)c4)c(F)c3)CC[C@@H]2C1. The van der Waals surface area contributed by atoms with Crippen molar-refractivity contribution in [1.29, 1.82) is 0 Å². The summed E-state index contributed by atoms with van der Waals surface area (Å²) < 4.78 is 69.7. The van der Waals surface area contributed by atoms with Gasteiger partial charge in [-0.2, -0.15) is 0 Å². The fourth-order valence-electron chi connectivity index (χ4n) is 5.46. The van der Waals surface area contributed by atoms with E-state index >= 15 is 0 Å². The first-order chi connectivity index (χ1) is 13.9. The second-order valence-corrected chi connectivity index (χ2v) is 8.73. The fourth-order valence-corrected chi connectivity index (χ4v) is 5.46. The van der Waals surface area contributed by atoms with Gasteiger partial charge < -0.3 is 0 Å². The molecule has 0 spiro atoms. The molecule has 0 bridgehead atoms. The van der Waals surface area contributed by atoms with Crippen molar-refractivity contribution in [1.82, 2.24) is 0 Å². The lowest BCUT2D eigenvalue weighted by Crippen LogP contribution is -2.30. The Bertz CT molecular complexity index is 860. The van der Waals surface area contributed by atoms with Gasteiger partial charge in [0.1, 0.15) is 11.6 Å². The molecular formula is C24H25F5. The number of hydrogen-bond donors (Lipinski definition) is 0. The van der Waals surface area contributed by atoms with Gasteiger partial charge >= 0.3 is 0 Å². The summed E-state index contributed by atoms with van der Waals surface area (Å²) in [7, 11) is 0. The van der Waals surface area contributed by atoms with Gasteiger partial charge in [-0.1, -0.05) is 19.8 Å². The molecule has 1 unspecified atom stereocenters. The molecule has 0 amide bonds. The molecule has 2 fully saturated rings. The summed E-state index contributed by atoms with van der Waals surface area (Å²) in [5, 5.41) is 0. The van der Waals surface area contributed by atoms with Crippen LogP contribution >= 0.6 is 0 Å². The lowest BCUT2D eigenvalue weighted by atomic mass is 9.63. The molecule has 4 atom stereocenters. The minimum atomic E-state index is -1.65. The van der Waals surface area contributed by atoms with Crippen LogP contribution in [0.4, 0.5) is 22.0 Å². The van der Waals surface area contributed by atoms with E-state index in [1.54, 1.807) is 0 Å². The molecule has 0 saturated heterocycles. The number of rotatable bonds is 3. The van der Waals surface area contributed by atoms with E-state index in [0.717, 1.165) is 25.2 Å². The summed E-state index contributed by atoms with van der Waals surface area (Å²) in [5.41, 5.74) is -0.267. The maximum absolute atomic E-state index is 14.8. The van der Waals surface area contributed by atoms with Crippen LogP contribution in [0.2, 0.25) is 0 Å². The molecule has 4 rings (SSSR count). The van der Waals surface area contributed by atoms with Crippen LogP contribution in [0.1, 0.15) is 63.4 Å². The highest BCUT2D eigenvalue weighted by atomic mass is 19.2. The van der Waals surface area contributed by atoms with Crippen LogP contribution in [0.15, 0.2) is 24.3 Å². The summed E-state index contributed by atoms with van der Waals surface area (Å²) in [6.45, 7) is 2.24.